The Balaban J connectivity index is 1.51. The van der Waals surface area contributed by atoms with Crippen LogP contribution in [0.2, 0.25) is 0 Å². The molecule has 7 heteroatoms. The van der Waals surface area contributed by atoms with Crippen molar-refractivity contribution in [1.29, 1.82) is 0 Å². The Bertz CT molecular complexity index is 1120. The number of methoxy groups -OCH3 is 1. The summed E-state index contributed by atoms with van der Waals surface area (Å²) in [6, 6.07) is 12.4. The lowest BCUT2D eigenvalue weighted by molar-refractivity contribution is 0.375. The quantitative estimate of drug-likeness (QED) is 0.652. The summed E-state index contributed by atoms with van der Waals surface area (Å²) in [6.07, 6.45) is 2.36. The van der Waals surface area contributed by atoms with Crippen LogP contribution >= 0.6 is 0 Å². The lowest BCUT2D eigenvalue weighted by atomic mass is 10.0. The summed E-state index contributed by atoms with van der Waals surface area (Å²) >= 11 is 0. The van der Waals surface area contributed by atoms with E-state index < -0.39 is 0 Å². The van der Waals surface area contributed by atoms with Gasteiger partial charge in [-0.2, -0.15) is 15.0 Å². The van der Waals surface area contributed by atoms with Gasteiger partial charge in [0.15, 0.2) is 0 Å². The standard InChI is InChI=1S/C22H21N5O2/c1-29-22-25-20(24-21(26-22)27-12-16-7-8-17(13-27)23-16)9-6-15-11-18(28)10-14-4-2-3-5-19(14)15/h2-5,10-11,16-17,23,28H,7-8,12-13H2,1H3/t16-,17+. The summed E-state index contributed by atoms with van der Waals surface area (Å²) in [4.78, 5) is 15.5. The molecular formula is C22H21N5O2. The van der Waals surface area contributed by atoms with Crippen molar-refractivity contribution >= 4 is 16.7 Å². The van der Waals surface area contributed by atoms with Gasteiger partial charge in [-0.1, -0.05) is 30.2 Å². The Hall–Kier alpha value is -3.37. The molecule has 7 nitrogen and oxygen atoms in total. The van der Waals surface area contributed by atoms with Crippen LogP contribution in [0.4, 0.5) is 5.95 Å². The van der Waals surface area contributed by atoms with Crippen molar-refractivity contribution < 1.29 is 9.84 Å². The molecule has 2 aliphatic rings. The summed E-state index contributed by atoms with van der Waals surface area (Å²) in [5, 5.41) is 15.5. The number of piperazine rings is 1. The van der Waals surface area contributed by atoms with E-state index in [2.05, 4.69) is 37.0 Å². The summed E-state index contributed by atoms with van der Waals surface area (Å²) in [5.74, 6) is 7.26. The van der Waals surface area contributed by atoms with E-state index in [4.69, 9.17) is 4.74 Å². The minimum absolute atomic E-state index is 0.179. The molecular weight excluding hydrogens is 366 g/mol. The number of benzene rings is 2. The van der Waals surface area contributed by atoms with Crippen molar-refractivity contribution in [3.63, 3.8) is 0 Å². The van der Waals surface area contributed by atoms with Gasteiger partial charge in [0.1, 0.15) is 5.75 Å². The van der Waals surface area contributed by atoms with E-state index in [1.165, 1.54) is 12.8 Å². The smallest absolute Gasteiger partial charge is 0.322 e. The molecule has 2 aromatic carbocycles. The summed E-state index contributed by atoms with van der Waals surface area (Å²) in [7, 11) is 1.54. The molecule has 29 heavy (non-hydrogen) atoms. The maximum Gasteiger partial charge on any atom is 0.322 e. The van der Waals surface area contributed by atoms with Gasteiger partial charge in [0.25, 0.3) is 0 Å². The number of aromatic nitrogens is 3. The molecule has 3 heterocycles. The van der Waals surface area contributed by atoms with Crippen molar-refractivity contribution in [2.45, 2.75) is 24.9 Å². The molecule has 2 saturated heterocycles. The van der Waals surface area contributed by atoms with Gasteiger partial charge in [0.05, 0.1) is 7.11 Å². The predicted molar refractivity (Wildman–Crippen MR) is 110 cm³/mol. The number of rotatable bonds is 2. The third-order valence-corrected chi connectivity index (χ3v) is 5.44. The number of anilines is 1. The van der Waals surface area contributed by atoms with E-state index >= 15 is 0 Å². The molecule has 2 atom stereocenters. The second-order valence-corrected chi connectivity index (χ2v) is 7.45. The minimum Gasteiger partial charge on any atom is -0.508 e. The Morgan fingerprint density at radius 3 is 2.66 bits per heavy atom. The Morgan fingerprint density at radius 2 is 1.86 bits per heavy atom. The number of nitrogens with one attached hydrogen (secondary N) is 1. The molecule has 0 aliphatic carbocycles. The zero-order valence-corrected chi connectivity index (χ0v) is 16.1. The highest BCUT2D eigenvalue weighted by atomic mass is 16.5. The lowest BCUT2D eigenvalue weighted by Crippen LogP contribution is -2.51. The zero-order valence-electron chi connectivity index (χ0n) is 16.1. The van der Waals surface area contributed by atoms with Gasteiger partial charge in [-0.3, -0.25) is 0 Å². The fraction of sp³-hybridized carbons (Fsp3) is 0.318. The number of phenols is 1. The molecule has 3 aromatic rings. The van der Waals surface area contributed by atoms with Gasteiger partial charge < -0.3 is 20.1 Å². The van der Waals surface area contributed by atoms with Gasteiger partial charge in [0.2, 0.25) is 11.8 Å². The van der Waals surface area contributed by atoms with E-state index in [9.17, 15) is 5.11 Å². The third kappa shape index (κ3) is 3.55. The number of phenolic OH excluding ortho intramolecular Hbond substituents is 1. The van der Waals surface area contributed by atoms with Crippen LogP contribution in [-0.2, 0) is 0 Å². The number of hydrogen-bond donors (Lipinski definition) is 2. The van der Waals surface area contributed by atoms with Crippen LogP contribution in [0.25, 0.3) is 10.8 Å². The van der Waals surface area contributed by atoms with Crippen molar-refractivity contribution in [3.8, 4) is 23.6 Å². The normalized spacial score (nSPS) is 20.4. The first-order valence-corrected chi connectivity index (χ1v) is 9.73. The molecule has 2 fully saturated rings. The highest BCUT2D eigenvalue weighted by Gasteiger charge is 2.33. The van der Waals surface area contributed by atoms with Crippen LogP contribution in [0.5, 0.6) is 11.8 Å². The number of hydrogen-bond acceptors (Lipinski definition) is 7. The maximum absolute atomic E-state index is 10.0. The highest BCUT2D eigenvalue weighted by molar-refractivity contribution is 5.89. The molecule has 1 aromatic heterocycles. The molecule has 146 valence electrons. The Labute approximate surface area is 168 Å². The zero-order chi connectivity index (χ0) is 19.8. The summed E-state index contributed by atoms with van der Waals surface area (Å²) in [5.41, 5.74) is 0.724. The minimum atomic E-state index is 0.179. The topological polar surface area (TPSA) is 83.4 Å². The predicted octanol–water partition coefficient (Wildman–Crippen LogP) is 2.08. The van der Waals surface area contributed by atoms with Gasteiger partial charge in [-0.15, -0.1) is 0 Å². The van der Waals surface area contributed by atoms with Crippen molar-refractivity contribution in [2.75, 3.05) is 25.1 Å². The van der Waals surface area contributed by atoms with Crippen molar-refractivity contribution in [3.05, 3.63) is 47.8 Å². The number of aromatic hydroxyl groups is 1. The number of fused-ring (bicyclic) bond motifs is 3. The first-order chi connectivity index (χ1) is 14.2. The van der Waals surface area contributed by atoms with Crippen LogP contribution in [0, 0.1) is 11.8 Å². The first kappa shape index (κ1) is 17.7. The molecule has 0 amide bonds. The molecule has 2 N–H and O–H groups in total. The monoisotopic (exact) mass is 387 g/mol. The van der Waals surface area contributed by atoms with Crippen molar-refractivity contribution in [1.82, 2.24) is 20.3 Å². The molecule has 0 spiro atoms. The average molecular weight is 387 g/mol. The summed E-state index contributed by atoms with van der Waals surface area (Å²) < 4.78 is 5.28. The number of nitrogens with zero attached hydrogens (tertiary/aromatic N) is 4. The third-order valence-electron chi connectivity index (χ3n) is 5.44. The van der Waals surface area contributed by atoms with E-state index in [1.807, 2.05) is 24.3 Å². The largest absolute Gasteiger partial charge is 0.508 e. The van der Waals surface area contributed by atoms with Crippen LogP contribution in [-0.4, -0.2) is 52.3 Å². The SMILES string of the molecule is COc1nc(C#Cc2cc(O)cc3ccccc23)nc(N2C[C@H]3CC[C@@H](C2)N3)n1. The van der Waals surface area contributed by atoms with Gasteiger partial charge in [0, 0.05) is 30.7 Å². The molecule has 0 saturated carbocycles. The molecule has 5 rings (SSSR count). The van der Waals surface area contributed by atoms with Crippen LogP contribution in [0.15, 0.2) is 36.4 Å². The fourth-order valence-corrected chi connectivity index (χ4v) is 4.12. The fourth-order valence-electron chi connectivity index (χ4n) is 4.12. The first-order valence-electron chi connectivity index (χ1n) is 9.73. The van der Waals surface area contributed by atoms with Crippen LogP contribution < -0.4 is 15.0 Å². The highest BCUT2D eigenvalue weighted by Crippen LogP contribution is 2.25. The average Bonchev–Trinajstić information content (AvgIpc) is 3.09. The Kier molecular flexibility index (Phi) is 4.41. The maximum atomic E-state index is 10.0. The van der Waals surface area contributed by atoms with Crippen LogP contribution in [0.3, 0.4) is 0 Å². The van der Waals surface area contributed by atoms with Gasteiger partial charge >= 0.3 is 6.01 Å². The second-order valence-electron chi connectivity index (χ2n) is 7.45. The van der Waals surface area contributed by atoms with Crippen molar-refractivity contribution in [2.24, 2.45) is 0 Å². The van der Waals surface area contributed by atoms with E-state index in [-0.39, 0.29) is 11.8 Å². The van der Waals surface area contributed by atoms with E-state index in [0.29, 0.717) is 23.9 Å². The Morgan fingerprint density at radius 1 is 1.07 bits per heavy atom. The molecule has 2 bridgehead atoms. The van der Waals surface area contributed by atoms with Crippen LogP contribution in [0.1, 0.15) is 24.2 Å². The van der Waals surface area contributed by atoms with Gasteiger partial charge in [-0.05, 0) is 41.7 Å². The molecule has 0 unspecified atom stereocenters. The summed E-state index contributed by atoms with van der Waals surface area (Å²) in [6.45, 7) is 1.74. The lowest BCUT2D eigenvalue weighted by Gasteiger charge is -2.32. The molecule has 2 aliphatic heterocycles. The number of ether oxygens (including phenoxy) is 1. The van der Waals surface area contributed by atoms with Gasteiger partial charge in [-0.25, -0.2) is 0 Å². The second kappa shape index (κ2) is 7.22. The van der Waals surface area contributed by atoms with E-state index in [0.717, 1.165) is 29.4 Å². The van der Waals surface area contributed by atoms with E-state index in [1.54, 1.807) is 19.2 Å². The molecule has 0 radical (unpaired) electrons.